The van der Waals surface area contributed by atoms with Gasteiger partial charge >= 0.3 is 0 Å². The van der Waals surface area contributed by atoms with Gasteiger partial charge in [0.05, 0.1) is 13.2 Å². The zero-order chi connectivity index (χ0) is 8.39. The summed E-state index contributed by atoms with van der Waals surface area (Å²) in [5.41, 5.74) is 5.39. The molecule has 1 aromatic heterocycles. The molecule has 0 saturated carbocycles. The van der Waals surface area contributed by atoms with Crippen molar-refractivity contribution in [2.24, 2.45) is 0 Å². The van der Waals surface area contributed by atoms with Crippen LogP contribution in [0.3, 0.4) is 0 Å². The molecule has 0 spiro atoms. The standard InChI is InChI=1S/C6H9N3O2S/c7-5-8-9-6(12-5)11-4-1-2-10-3-4/h4H,1-3H2,(H2,7,8)/t4-/m1/s1. The number of nitrogens with two attached hydrogens (primary N) is 1. The Morgan fingerprint density at radius 2 is 2.50 bits per heavy atom. The van der Waals surface area contributed by atoms with Crippen molar-refractivity contribution >= 4 is 16.5 Å². The molecule has 1 aromatic rings. The van der Waals surface area contributed by atoms with E-state index in [1.54, 1.807) is 0 Å². The lowest BCUT2D eigenvalue weighted by molar-refractivity contribution is 0.140. The summed E-state index contributed by atoms with van der Waals surface area (Å²) in [6.45, 7) is 1.40. The van der Waals surface area contributed by atoms with Crippen molar-refractivity contribution in [2.75, 3.05) is 18.9 Å². The van der Waals surface area contributed by atoms with E-state index in [9.17, 15) is 0 Å². The Kier molecular flexibility index (Phi) is 2.09. The van der Waals surface area contributed by atoms with E-state index in [0.29, 0.717) is 16.9 Å². The zero-order valence-electron chi connectivity index (χ0n) is 6.40. The van der Waals surface area contributed by atoms with E-state index >= 15 is 0 Å². The maximum atomic E-state index is 5.44. The third-order valence-electron chi connectivity index (χ3n) is 1.58. The fourth-order valence-electron chi connectivity index (χ4n) is 1.02. The average Bonchev–Trinajstić information content (AvgIpc) is 2.63. The molecular weight excluding hydrogens is 178 g/mol. The normalized spacial score (nSPS) is 22.8. The number of rotatable bonds is 2. The highest BCUT2D eigenvalue weighted by molar-refractivity contribution is 7.16. The number of aromatic nitrogens is 2. The lowest BCUT2D eigenvalue weighted by Crippen LogP contribution is -2.15. The van der Waals surface area contributed by atoms with Crippen LogP contribution in [0.2, 0.25) is 0 Å². The first kappa shape index (κ1) is 7.75. The summed E-state index contributed by atoms with van der Waals surface area (Å²) in [7, 11) is 0. The molecule has 6 heteroatoms. The van der Waals surface area contributed by atoms with Gasteiger partial charge in [0.25, 0.3) is 5.19 Å². The van der Waals surface area contributed by atoms with Gasteiger partial charge in [0.2, 0.25) is 5.13 Å². The molecule has 1 saturated heterocycles. The van der Waals surface area contributed by atoms with Crippen molar-refractivity contribution in [1.82, 2.24) is 10.2 Å². The van der Waals surface area contributed by atoms with Gasteiger partial charge in [-0.25, -0.2) is 0 Å². The van der Waals surface area contributed by atoms with E-state index < -0.39 is 0 Å². The minimum atomic E-state index is 0.123. The molecule has 0 radical (unpaired) electrons. The van der Waals surface area contributed by atoms with Crippen molar-refractivity contribution in [3.63, 3.8) is 0 Å². The Labute approximate surface area is 73.5 Å². The number of ether oxygens (including phenoxy) is 2. The van der Waals surface area contributed by atoms with Crippen molar-refractivity contribution in [3.8, 4) is 5.19 Å². The molecule has 1 aliphatic rings. The van der Waals surface area contributed by atoms with Gasteiger partial charge < -0.3 is 15.2 Å². The quantitative estimate of drug-likeness (QED) is 0.720. The monoisotopic (exact) mass is 187 g/mol. The molecule has 0 aromatic carbocycles. The minimum absolute atomic E-state index is 0.123. The summed E-state index contributed by atoms with van der Waals surface area (Å²) < 4.78 is 10.6. The summed E-state index contributed by atoms with van der Waals surface area (Å²) in [6, 6.07) is 0. The molecule has 2 rings (SSSR count). The van der Waals surface area contributed by atoms with Gasteiger partial charge in [0.1, 0.15) is 6.10 Å². The average molecular weight is 187 g/mol. The van der Waals surface area contributed by atoms with Crippen LogP contribution in [0.4, 0.5) is 5.13 Å². The van der Waals surface area contributed by atoms with Gasteiger partial charge in [-0.1, -0.05) is 5.10 Å². The second kappa shape index (κ2) is 3.24. The third-order valence-corrected chi connectivity index (χ3v) is 2.22. The Hall–Kier alpha value is -0.880. The maximum Gasteiger partial charge on any atom is 0.296 e. The number of nitrogens with zero attached hydrogens (tertiary/aromatic N) is 2. The zero-order valence-corrected chi connectivity index (χ0v) is 7.21. The molecule has 66 valence electrons. The summed E-state index contributed by atoms with van der Waals surface area (Å²) >= 11 is 1.25. The second-order valence-corrected chi connectivity index (χ2v) is 3.48. The van der Waals surface area contributed by atoms with Crippen molar-refractivity contribution < 1.29 is 9.47 Å². The highest BCUT2D eigenvalue weighted by Gasteiger charge is 2.18. The van der Waals surface area contributed by atoms with Crippen LogP contribution in [-0.2, 0) is 4.74 Å². The van der Waals surface area contributed by atoms with Gasteiger partial charge in [-0.05, 0) is 11.3 Å². The van der Waals surface area contributed by atoms with Crippen LogP contribution in [0.25, 0.3) is 0 Å². The second-order valence-electron chi connectivity index (χ2n) is 2.51. The van der Waals surface area contributed by atoms with E-state index in [0.717, 1.165) is 13.0 Å². The van der Waals surface area contributed by atoms with Crippen molar-refractivity contribution in [2.45, 2.75) is 12.5 Å². The van der Waals surface area contributed by atoms with Crippen LogP contribution in [0.15, 0.2) is 0 Å². The van der Waals surface area contributed by atoms with E-state index in [-0.39, 0.29) is 6.10 Å². The topological polar surface area (TPSA) is 70.3 Å². The summed E-state index contributed by atoms with van der Waals surface area (Å²) in [5, 5.41) is 8.35. The predicted molar refractivity (Wildman–Crippen MR) is 44.2 cm³/mol. The third kappa shape index (κ3) is 1.64. The number of hydrogen-bond acceptors (Lipinski definition) is 6. The van der Waals surface area contributed by atoms with Crippen LogP contribution in [0, 0.1) is 0 Å². The molecular formula is C6H9N3O2S. The van der Waals surface area contributed by atoms with E-state index in [2.05, 4.69) is 10.2 Å². The minimum Gasteiger partial charge on any atom is -0.463 e. The predicted octanol–water partition coefficient (Wildman–Crippen LogP) is 0.288. The number of hydrogen-bond donors (Lipinski definition) is 1. The maximum absolute atomic E-state index is 5.44. The number of anilines is 1. The van der Waals surface area contributed by atoms with Crippen LogP contribution in [0.1, 0.15) is 6.42 Å². The molecule has 1 atom stereocenters. The Morgan fingerprint density at radius 1 is 1.58 bits per heavy atom. The molecule has 1 fully saturated rings. The van der Waals surface area contributed by atoms with Gasteiger partial charge in [-0.3, -0.25) is 0 Å². The van der Waals surface area contributed by atoms with Gasteiger partial charge in [0, 0.05) is 6.42 Å². The number of nitrogen functional groups attached to an aromatic ring is 1. The van der Waals surface area contributed by atoms with Gasteiger partial charge in [-0.15, -0.1) is 5.10 Å². The molecule has 2 N–H and O–H groups in total. The van der Waals surface area contributed by atoms with Gasteiger partial charge in [-0.2, -0.15) is 0 Å². The van der Waals surface area contributed by atoms with Crippen LogP contribution < -0.4 is 10.5 Å². The molecule has 0 amide bonds. The highest BCUT2D eigenvalue weighted by atomic mass is 32.1. The first-order chi connectivity index (χ1) is 5.84. The smallest absolute Gasteiger partial charge is 0.296 e. The SMILES string of the molecule is Nc1nnc(O[C@@H]2CCOC2)s1. The molecule has 0 unspecified atom stereocenters. The van der Waals surface area contributed by atoms with Crippen LogP contribution in [0.5, 0.6) is 5.19 Å². The summed E-state index contributed by atoms with van der Waals surface area (Å²) in [5.74, 6) is 0. The summed E-state index contributed by atoms with van der Waals surface area (Å²) in [6.07, 6.45) is 1.04. The van der Waals surface area contributed by atoms with E-state index in [4.69, 9.17) is 15.2 Å². The summed E-state index contributed by atoms with van der Waals surface area (Å²) in [4.78, 5) is 0. The van der Waals surface area contributed by atoms with Crippen molar-refractivity contribution in [3.05, 3.63) is 0 Å². The van der Waals surface area contributed by atoms with Crippen LogP contribution in [-0.4, -0.2) is 29.5 Å². The molecule has 0 aliphatic carbocycles. The molecule has 5 nitrogen and oxygen atoms in total. The molecule has 0 bridgehead atoms. The van der Waals surface area contributed by atoms with E-state index in [1.165, 1.54) is 11.3 Å². The lowest BCUT2D eigenvalue weighted by atomic mass is 10.3. The highest BCUT2D eigenvalue weighted by Crippen LogP contribution is 2.22. The van der Waals surface area contributed by atoms with Gasteiger partial charge in [0.15, 0.2) is 0 Å². The fourth-order valence-corrected chi connectivity index (χ4v) is 1.54. The van der Waals surface area contributed by atoms with Crippen LogP contribution >= 0.6 is 11.3 Å². The molecule has 1 aliphatic heterocycles. The first-order valence-electron chi connectivity index (χ1n) is 3.68. The Bertz CT molecular complexity index is 259. The Balaban J connectivity index is 1.94. The van der Waals surface area contributed by atoms with Crippen molar-refractivity contribution in [1.29, 1.82) is 0 Å². The first-order valence-corrected chi connectivity index (χ1v) is 4.49. The lowest BCUT2D eigenvalue weighted by Gasteiger charge is -2.06. The fraction of sp³-hybridized carbons (Fsp3) is 0.667. The Morgan fingerprint density at radius 3 is 3.08 bits per heavy atom. The molecule has 12 heavy (non-hydrogen) atoms. The molecule has 2 heterocycles. The largest absolute Gasteiger partial charge is 0.463 e. The van der Waals surface area contributed by atoms with E-state index in [1.807, 2.05) is 0 Å².